The third-order valence-corrected chi connectivity index (χ3v) is 4.80. The van der Waals surface area contributed by atoms with E-state index in [2.05, 4.69) is 10.3 Å². The van der Waals surface area contributed by atoms with Crippen molar-refractivity contribution in [3.8, 4) is 5.88 Å². The van der Waals surface area contributed by atoms with Gasteiger partial charge in [-0.15, -0.1) is 0 Å². The molecule has 0 bridgehead atoms. The molecule has 1 aromatic heterocycles. The van der Waals surface area contributed by atoms with E-state index in [0.717, 1.165) is 11.1 Å². The molecule has 0 saturated carbocycles. The predicted molar refractivity (Wildman–Crippen MR) is 103 cm³/mol. The number of aliphatic carboxylic acids is 1. The van der Waals surface area contributed by atoms with E-state index in [0.29, 0.717) is 17.1 Å². The fourth-order valence-corrected chi connectivity index (χ4v) is 3.35. The van der Waals surface area contributed by atoms with Crippen molar-refractivity contribution >= 4 is 18.0 Å². The van der Waals surface area contributed by atoms with E-state index in [1.165, 1.54) is 7.11 Å². The van der Waals surface area contributed by atoms with Crippen LogP contribution in [0.3, 0.4) is 0 Å². The van der Waals surface area contributed by atoms with Crippen LogP contribution < -0.4 is 10.1 Å². The summed E-state index contributed by atoms with van der Waals surface area (Å²) in [6, 6.07) is 0. The highest BCUT2D eigenvalue weighted by Crippen LogP contribution is 2.42. The van der Waals surface area contributed by atoms with Crippen LogP contribution in [0.1, 0.15) is 43.2 Å². The first kappa shape index (κ1) is 22.4. The number of aryl methyl sites for hydroxylation is 1. The molecule has 1 aliphatic rings. The number of fused-ring (bicyclic) bond motifs is 1. The number of carboxylic acid groups (broad SMARTS) is 1. The van der Waals surface area contributed by atoms with Crippen LogP contribution in [-0.4, -0.2) is 54.0 Å². The number of pyridine rings is 1. The van der Waals surface area contributed by atoms with Crippen molar-refractivity contribution in [1.82, 2.24) is 10.3 Å². The first-order valence-electron chi connectivity index (χ1n) is 9.31. The second kappa shape index (κ2) is 8.26. The molecule has 1 aliphatic carbocycles. The Balaban J connectivity index is 2.11. The average molecular weight is 408 g/mol. The Morgan fingerprint density at radius 1 is 1.17 bits per heavy atom. The molecule has 0 spiro atoms. The first-order valence-corrected chi connectivity index (χ1v) is 9.31. The number of carbonyl (C=O) groups excluding carboxylic acids is 2. The van der Waals surface area contributed by atoms with E-state index in [-0.39, 0.29) is 26.0 Å². The number of nitrogens with zero attached hydrogens (tertiary/aromatic N) is 1. The highest BCUT2D eigenvalue weighted by Gasteiger charge is 2.53. The summed E-state index contributed by atoms with van der Waals surface area (Å²) in [6.45, 7) is 9.22. The number of carbonyl (C=O) groups is 3. The van der Waals surface area contributed by atoms with Gasteiger partial charge in [0.05, 0.1) is 13.7 Å². The van der Waals surface area contributed by atoms with Gasteiger partial charge in [0.2, 0.25) is 5.88 Å². The number of alkyl carbamates (subject to hydrolysis) is 1. The molecule has 0 aliphatic heterocycles. The summed E-state index contributed by atoms with van der Waals surface area (Å²) in [5.41, 5.74) is 0.513. The molecule has 1 amide bonds. The highest BCUT2D eigenvalue weighted by atomic mass is 16.6. The van der Waals surface area contributed by atoms with E-state index >= 15 is 0 Å². The van der Waals surface area contributed by atoms with E-state index < -0.39 is 29.0 Å². The van der Waals surface area contributed by atoms with Gasteiger partial charge in [-0.1, -0.05) is 0 Å². The summed E-state index contributed by atoms with van der Waals surface area (Å²) in [5.74, 6) is -1.65. The summed E-state index contributed by atoms with van der Waals surface area (Å²) in [6.07, 6.45) is -0.489. The molecule has 29 heavy (non-hydrogen) atoms. The Hall–Kier alpha value is -2.84. The van der Waals surface area contributed by atoms with Crippen molar-refractivity contribution in [2.45, 2.75) is 53.1 Å². The lowest BCUT2D eigenvalue weighted by atomic mass is 9.84. The van der Waals surface area contributed by atoms with Gasteiger partial charge >= 0.3 is 18.0 Å². The monoisotopic (exact) mass is 408 g/mol. The number of amides is 1. The van der Waals surface area contributed by atoms with Crippen molar-refractivity contribution in [1.29, 1.82) is 0 Å². The number of rotatable bonds is 6. The molecule has 1 heterocycles. The van der Waals surface area contributed by atoms with Gasteiger partial charge in [-0.25, -0.2) is 9.78 Å². The molecule has 1 atom stereocenters. The molecule has 1 aromatic rings. The largest absolute Gasteiger partial charge is 0.480 e. The molecule has 9 heteroatoms. The lowest BCUT2D eigenvalue weighted by molar-refractivity contribution is -0.166. The fourth-order valence-electron chi connectivity index (χ4n) is 3.35. The van der Waals surface area contributed by atoms with Crippen LogP contribution in [0.15, 0.2) is 0 Å². The maximum absolute atomic E-state index is 12.2. The van der Waals surface area contributed by atoms with Gasteiger partial charge in [-0.05, 0) is 45.7 Å². The molecular formula is C20H28N2O7. The van der Waals surface area contributed by atoms with Crippen LogP contribution in [0.5, 0.6) is 5.88 Å². The molecule has 0 radical (unpaired) electrons. The Morgan fingerprint density at radius 2 is 1.79 bits per heavy atom. The summed E-state index contributed by atoms with van der Waals surface area (Å²) < 4.78 is 15.6. The van der Waals surface area contributed by atoms with Crippen molar-refractivity contribution in [3.63, 3.8) is 0 Å². The van der Waals surface area contributed by atoms with Crippen LogP contribution in [0.25, 0.3) is 0 Å². The zero-order valence-electron chi connectivity index (χ0n) is 17.7. The van der Waals surface area contributed by atoms with Crippen molar-refractivity contribution < 1.29 is 33.7 Å². The maximum atomic E-state index is 12.2. The second-order valence-electron chi connectivity index (χ2n) is 8.09. The fraction of sp³-hybridized carbons (Fsp3) is 0.600. The van der Waals surface area contributed by atoms with Crippen molar-refractivity contribution in [2.75, 3.05) is 20.3 Å². The summed E-state index contributed by atoms with van der Waals surface area (Å²) in [7, 11) is 1.18. The molecule has 0 fully saturated rings. The molecule has 0 aromatic carbocycles. The number of esters is 1. The number of nitrogens with one attached hydrogen (secondary N) is 1. The van der Waals surface area contributed by atoms with Gasteiger partial charge in [-0.2, -0.15) is 0 Å². The SMILES string of the molecule is COC(=O)C1(C(=O)O)Cc2c(C)nc(OCCNC(=O)OC(C)(C)C)c(C)c2C1. The standard InChI is InChI=1S/C20H28N2O7/c1-11-13-9-20(16(23)24,17(25)27-6)10-14(13)12(2)22-15(11)28-8-7-21-18(26)29-19(3,4)5/h7-10H2,1-6H3,(H,21,26)(H,23,24). The number of hydrogen-bond acceptors (Lipinski definition) is 7. The van der Waals surface area contributed by atoms with Gasteiger partial charge in [0.1, 0.15) is 12.2 Å². The maximum Gasteiger partial charge on any atom is 0.407 e. The van der Waals surface area contributed by atoms with Crippen LogP contribution in [0.2, 0.25) is 0 Å². The highest BCUT2D eigenvalue weighted by molar-refractivity contribution is 6.00. The van der Waals surface area contributed by atoms with E-state index in [1.807, 2.05) is 0 Å². The zero-order chi connectivity index (χ0) is 22.0. The summed E-state index contributed by atoms with van der Waals surface area (Å²) in [4.78, 5) is 40.2. The number of hydrogen-bond donors (Lipinski definition) is 2. The molecule has 2 rings (SSSR count). The summed E-state index contributed by atoms with van der Waals surface area (Å²) >= 11 is 0. The normalized spacial score (nSPS) is 18.0. The summed E-state index contributed by atoms with van der Waals surface area (Å²) in [5, 5.41) is 12.3. The quantitative estimate of drug-likeness (QED) is 0.416. The predicted octanol–water partition coefficient (Wildman–Crippen LogP) is 1.94. The zero-order valence-corrected chi connectivity index (χ0v) is 17.7. The van der Waals surface area contributed by atoms with Crippen LogP contribution in [-0.2, 0) is 31.9 Å². The molecule has 9 nitrogen and oxygen atoms in total. The van der Waals surface area contributed by atoms with Gasteiger partial charge in [0.25, 0.3) is 0 Å². The molecular weight excluding hydrogens is 380 g/mol. The minimum Gasteiger partial charge on any atom is -0.480 e. The van der Waals surface area contributed by atoms with Crippen molar-refractivity contribution in [3.05, 3.63) is 22.4 Å². The topological polar surface area (TPSA) is 124 Å². The Kier molecular flexibility index (Phi) is 6.40. The number of aromatic nitrogens is 1. The Labute approximate surface area is 169 Å². The minimum absolute atomic E-state index is 0.0199. The molecule has 1 unspecified atom stereocenters. The molecule has 160 valence electrons. The van der Waals surface area contributed by atoms with Gasteiger partial charge in [0, 0.05) is 24.1 Å². The lowest BCUT2D eigenvalue weighted by Gasteiger charge is -2.20. The van der Waals surface area contributed by atoms with Crippen LogP contribution >= 0.6 is 0 Å². The van der Waals surface area contributed by atoms with Crippen LogP contribution in [0, 0.1) is 19.3 Å². The number of ether oxygens (including phenoxy) is 3. The van der Waals surface area contributed by atoms with Gasteiger partial charge in [0.15, 0.2) is 5.41 Å². The van der Waals surface area contributed by atoms with Gasteiger partial charge < -0.3 is 24.6 Å². The third-order valence-electron chi connectivity index (χ3n) is 4.80. The Morgan fingerprint density at radius 3 is 2.34 bits per heavy atom. The molecule has 0 saturated heterocycles. The van der Waals surface area contributed by atoms with E-state index in [1.54, 1.807) is 34.6 Å². The van der Waals surface area contributed by atoms with Crippen molar-refractivity contribution in [2.24, 2.45) is 5.41 Å². The third kappa shape index (κ3) is 4.78. The number of carboxylic acids is 1. The lowest BCUT2D eigenvalue weighted by Crippen LogP contribution is -2.41. The van der Waals surface area contributed by atoms with E-state index in [9.17, 15) is 19.5 Å². The molecule has 2 N–H and O–H groups in total. The average Bonchev–Trinajstić information content (AvgIpc) is 3.03. The van der Waals surface area contributed by atoms with E-state index in [4.69, 9.17) is 14.2 Å². The van der Waals surface area contributed by atoms with Gasteiger partial charge in [-0.3, -0.25) is 9.59 Å². The smallest absolute Gasteiger partial charge is 0.407 e. The van der Waals surface area contributed by atoms with Crippen LogP contribution in [0.4, 0.5) is 4.79 Å². The number of methoxy groups -OCH3 is 1. The minimum atomic E-state index is -1.65. The second-order valence-corrected chi connectivity index (χ2v) is 8.09. The Bertz CT molecular complexity index is 829. The first-order chi connectivity index (χ1) is 13.4.